The highest BCUT2D eigenvalue weighted by atomic mass is 35.5. The van der Waals surface area contributed by atoms with Gasteiger partial charge in [-0.3, -0.25) is 0 Å². The first kappa shape index (κ1) is 14.5. The fraction of sp³-hybridized carbons (Fsp3) is 0.300. The molecule has 0 radical (unpaired) electrons. The van der Waals surface area contributed by atoms with E-state index >= 15 is 0 Å². The highest BCUT2D eigenvalue weighted by molar-refractivity contribution is 5.89. The molecule has 0 heterocycles. The van der Waals surface area contributed by atoms with Gasteiger partial charge in [-0.2, -0.15) is 0 Å². The Bertz CT molecular complexity index is 316. The molecule has 0 aliphatic heterocycles. The van der Waals surface area contributed by atoms with Gasteiger partial charge in [0, 0.05) is 18.8 Å². The summed E-state index contributed by atoms with van der Waals surface area (Å²) in [6, 6.07) is 6.82. The number of halogens is 1. The SMILES string of the molecule is COc1ccc(NC(=O)NCCN)cc1.Cl. The molecule has 0 atom stereocenters. The molecule has 1 rings (SSSR count). The van der Waals surface area contributed by atoms with Crippen LogP contribution in [0.25, 0.3) is 0 Å². The quantitative estimate of drug-likeness (QED) is 0.746. The first-order chi connectivity index (χ1) is 7.26. The normalized spacial score (nSPS) is 8.88. The Morgan fingerprint density at radius 1 is 1.38 bits per heavy atom. The molecule has 2 amide bonds. The number of anilines is 1. The molecule has 0 aliphatic rings. The summed E-state index contributed by atoms with van der Waals surface area (Å²) >= 11 is 0. The summed E-state index contributed by atoms with van der Waals surface area (Å²) in [7, 11) is 1.59. The number of methoxy groups -OCH3 is 1. The number of benzene rings is 1. The molecule has 4 N–H and O–H groups in total. The Kier molecular flexibility index (Phi) is 7.07. The predicted molar refractivity (Wildman–Crippen MR) is 66.3 cm³/mol. The highest BCUT2D eigenvalue weighted by Crippen LogP contribution is 2.14. The van der Waals surface area contributed by atoms with Gasteiger partial charge in [0.1, 0.15) is 5.75 Å². The summed E-state index contributed by atoms with van der Waals surface area (Å²) in [5, 5.41) is 5.27. The standard InChI is InChI=1S/C10H15N3O2.ClH/c1-15-9-4-2-8(3-5-9)13-10(14)12-7-6-11;/h2-5H,6-7,11H2,1H3,(H2,12,13,14);1H. The van der Waals surface area contributed by atoms with Gasteiger partial charge in [0.25, 0.3) is 0 Å². The van der Waals surface area contributed by atoms with E-state index in [1.54, 1.807) is 31.4 Å². The van der Waals surface area contributed by atoms with Crippen molar-refractivity contribution in [2.45, 2.75) is 0 Å². The second kappa shape index (κ2) is 7.78. The second-order valence-corrected chi connectivity index (χ2v) is 2.90. The van der Waals surface area contributed by atoms with E-state index in [-0.39, 0.29) is 18.4 Å². The van der Waals surface area contributed by atoms with E-state index in [1.807, 2.05) is 0 Å². The average molecular weight is 246 g/mol. The monoisotopic (exact) mass is 245 g/mol. The number of hydrogen-bond acceptors (Lipinski definition) is 3. The minimum Gasteiger partial charge on any atom is -0.497 e. The lowest BCUT2D eigenvalue weighted by Crippen LogP contribution is -2.32. The van der Waals surface area contributed by atoms with Gasteiger partial charge in [-0.05, 0) is 24.3 Å². The minimum atomic E-state index is -0.259. The summed E-state index contributed by atoms with van der Waals surface area (Å²) < 4.78 is 4.99. The van der Waals surface area contributed by atoms with Gasteiger partial charge in [0.05, 0.1) is 7.11 Å². The lowest BCUT2D eigenvalue weighted by molar-refractivity contribution is 0.252. The van der Waals surface area contributed by atoms with Crippen molar-refractivity contribution in [2.75, 3.05) is 25.5 Å². The Labute approximate surface area is 101 Å². The number of amides is 2. The van der Waals surface area contributed by atoms with Crippen molar-refractivity contribution in [3.05, 3.63) is 24.3 Å². The van der Waals surface area contributed by atoms with Crippen molar-refractivity contribution in [2.24, 2.45) is 5.73 Å². The summed E-state index contributed by atoms with van der Waals surface area (Å²) in [4.78, 5) is 11.2. The third-order valence-electron chi connectivity index (χ3n) is 1.78. The molecule has 0 aromatic heterocycles. The first-order valence-electron chi connectivity index (χ1n) is 4.65. The van der Waals surface area contributed by atoms with Crippen molar-refractivity contribution >= 4 is 24.1 Å². The van der Waals surface area contributed by atoms with Crippen LogP contribution >= 0.6 is 12.4 Å². The van der Waals surface area contributed by atoms with E-state index in [0.717, 1.165) is 5.75 Å². The van der Waals surface area contributed by atoms with E-state index in [9.17, 15) is 4.79 Å². The number of urea groups is 1. The number of rotatable bonds is 4. The van der Waals surface area contributed by atoms with Gasteiger partial charge in [-0.15, -0.1) is 12.4 Å². The molecular formula is C10H16ClN3O2. The van der Waals surface area contributed by atoms with Gasteiger partial charge in [0.2, 0.25) is 0 Å². The summed E-state index contributed by atoms with van der Waals surface area (Å²) in [6.07, 6.45) is 0. The van der Waals surface area contributed by atoms with Gasteiger partial charge >= 0.3 is 6.03 Å². The predicted octanol–water partition coefficient (Wildman–Crippen LogP) is 1.20. The van der Waals surface area contributed by atoms with Crippen LogP contribution in [0.1, 0.15) is 0 Å². The number of hydrogen-bond donors (Lipinski definition) is 3. The lowest BCUT2D eigenvalue weighted by atomic mass is 10.3. The van der Waals surface area contributed by atoms with Crippen LogP contribution in [-0.4, -0.2) is 26.2 Å². The molecule has 0 saturated carbocycles. The zero-order valence-electron chi connectivity index (χ0n) is 9.03. The first-order valence-corrected chi connectivity index (χ1v) is 4.65. The van der Waals surface area contributed by atoms with Gasteiger partial charge in [-0.1, -0.05) is 0 Å². The molecule has 6 heteroatoms. The van der Waals surface area contributed by atoms with E-state index in [0.29, 0.717) is 18.8 Å². The molecule has 5 nitrogen and oxygen atoms in total. The number of carbonyl (C=O) groups excluding carboxylic acids is 1. The van der Waals surface area contributed by atoms with Crippen molar-refractivity contribution in [1.29, 1.82) is 0 Å². The maximum atomic E-state index is 11.2. The smallest absolute Gasteiger partial charge is 0.319 e. The fourth-order valence-corrected chi connectivity index (χ4v) is 1.04. The molecule has 0 saturated heterocycles. The van der Waals surface area contributed by atoms with Crippen LogP contribution in [0.3, 0.4) is 0 Å². The largest absolute Gasteiger partial charge is 0.497 e. The van der Waals surface area contributed by atoms with Crippen LogP contribution in [-0.2, 0) is 0 Å². The number of nitrogens with two attached hydrogens (primary N) is 1. The Morgan fingerprint density at radius 2 is 2.00 bits per heavy atom. The van der Waals surface area contributed by atoms with Gasteiger partial charge < -0.3 is 21.1 Å². The molecule has 0 unspecified atom stereocenters. The Balaban J connectivity index is 0.00000225. The van der Waals surface area contributed by atoms with Gasteiger partial charge in [0.15, 0.2) is 0 Å². The third kappa shape index (κ3) is 4.86. The fourth-order valence-electron chi connectivity index (χ4n) is 1.04. The summed E-state index contributed by atoms with van der Waals surface area (Å²) in [6.45, 7) is 0.887. The molecule has 0 spiro atoms. The molecule has 1 aromatic carbocycles. The summed E-state index contributed by atoms with van der Waals surface area (Å²) in [5.41, 5.74) is 5.96. The maximum Gasteiger partial charge on any atom is 0.319 e. The minimum absolute atomic E-state index is 0. The zero-order valence-corrected chi connectivity index (χ0v) is 9.84. The zero-order chi connectivity index (χ0) is 11.1. The molecule has 0 fully saturated rings. The molecular weight excluding hydrogens is 230 g/mol. The van der Waals surface area contributed by atoms with Crippen LogP contribution in [0, 0.1) is 0 Å². The maximum absolute atomic E-state index is 11.2. The van der Waals surface area contributed by atoms with Crippen molar-refractivity contribution in [3.63, 3.8) is 0 Å². The van der Waals surface area contributed by atoms with Crippen LogP contribution in [0.4, 0.5) is 10.5 Å². The molecule has 16 heavy (non-hydrogen) atoms. The molecule has 0 aliphatic carbocycles. The second-order valence-electron chi connectivity index (χ2n) is 2.90. The van der Waals surface area contributed by atoms with Crippen LogP contribution in [0.2, 0.25) is 0 Å². The number of nitrogens with one attached hydrogen (secondary N) is 2. The van der Waals surface area contributed by atoms with Crippen molar-refractivity contribution in [1.82, 2.24) is 5.32 Å². The topological polar surface area (TPSA) is 76.4 Å². The Morgan fingerprint density at radius 3 is 2.50 bits per heavy atom. The van der Waals surface area contributed by atoms with E-state index in [2.05, 4.69) is 10.6 Å². The highest BCUT2D eigenvalue weighted by Gasteiger charge is 1.99. The van der Waals surface area contributed by atoms with Crippen molar-refractivity contribution < 1.29 is 9.53 Å². The number of carbonyl (C=O) groups is 1. The van der Waals surface area contributed by atoms with E-state index in [4.69, 9.17) is 10.5 Å². The Hall–Kier alpha value is -1.46. The summed E-state index contributed by atoms with van der Waals surface area (Å²) in [5.74, 6) is 0.753. The molecule has 1 aromatic rings. The lowest BCUT2D eigenvalue weighted by Gasteiger charge is -2.07. The molecule has 90 valence electrons. The van der Waals surface area contributed by atoms with E-state index in [1.165, 1.54) is 0 Å². The molecule has 0 bridgehead atoms. The van der Waals surface area contributed by atoms with Crippen molar-refractivity contribution in [3.8, 4) is 5.75 Å². The van der Waals surface area contributed by atoms with Crippen LogP contribution < -0.4 is 21.1 Å². The van der Waals surface area contributed by atoms with Crippen LogP contribution in [0.5, 0.6) is 5.75 Å². The van der Waals surface area contributed by atoms with Gasteiger partial charge in [-0.25, -0.2) is 4.79 Å². The van der Waals surface area contributed by atoms with Crippen LogP contribution in [0.15, 0.2) is 24.3 Å². The third-order valence-corrected chi connectivity index (χ3v) is 1.78. The number of ether oxygens (including phenoxy) is 1. The van der Waals surface area contributed by atoms with E-state index < -0.39 is 0 Å². The average Bonchev–Trinajstić information content (AvgIpc) is 2.27.